The minimum atomic E-state index is 0.308. The molecule has 82 valence electrons. The molecule has 3 N–H and O–H groups in total. The summed E-state index contributed by atoms with van der Waals surface area (Å²) < 4.78 is 0. The van der Waals surface area contributed by atoms with Gasteiger partial charge >= 0.3 is 0 Å². The second-order valence-electron chi connectivity index (χ2n) is 4.21. The number of benzene rings is 1. The number of hydrogen-bond acceptors (Lipinski definition) is 2. The molecular formula is C12H17ClN2. The van der Waals surface area contributed by atoms with Crippen molar-refractivity contribution in [1.29, 1.82) is 0 Å². The molecule has 0 bridgehead atoms. The van der Waals surface area contributed by atoms with Crippen LogP contribution in [0.3, 0.4) is 0 Å². The lowest BCUT2D eigenvalue weighted by Gasteiger charge is -2.29. The Morgan fingerprint density at radius 1 is 1.40 bits per heavy atom. The number of nitrogens with one attached hydrogen (secondary N) is 1. The van der Waals surface area contributed by atoms with Gasteiger partial charge in [-0.05, 0) is 43.5 Å². The van der Waals surface area contributed by atoms with Gasteiger partial charge in [0, 0.05) is 11.1 Å². The molecule has 2 rings (SSSR count). The summed E-state index contributed by atoms with van der Waals surface area (Å²) in [7, 11) is 0. The van der Waals surface area contributed by atoms with Crippen molar-refractivity contribution in [2.24, 2.45) is 11.7 Å². The molecule has 0 spiro atoms. The highest BCUT2D eigenvalue weighted by atomic mass is 35.5. The molecule has 3 heteroatoms. The Hall–Kier alpha value is -0.570. The van der Waals surface area contributed by atoms with Crippen molar-refractivity contribution in [1.82, 2.24) is 5.32 Å². The van der Waals surface area contributed by atoms with Gasteiger partial charge in [-0.3, -0.25) is 0 Å². The van der Waals surface area contributed by atoms with Crippen molar-refractivity contribution >= 4 is 11.6 Å². The first kappa shape index (κ1) is 10.9. The maximum atomic E-state index is 6.13. The average Bonchev–Trinajstić information content (AvgIpc) is 2.24. The summed E-state index contributed by atoms with van der Waals surface area (Å²) in [6, 6.07) is 8.33. The van der Waals surface area contributed by atoms with Crippen molar-refractivity contribution < 1.29 is 0 Å². The van der Waals surface area contributed by atoms with E-state index in [0.717, 1.165) is 31.0 Å². The van der Waals surface area contributed by atoms with Gasteiger partial charge in [-0.15, -0.1) is 0 Å². The van der Waals surface area contributed by atoms with E-state index in [2.05, 4.69) is 11.4 Å². The lowest BCUT2D eigenvalue weighted by atomic mass is 9.88. The fraction of sp³-hybridized carbons (Fsp3) is 0.500. The van der Waals surface area contributed by atoms with E-state index in [-0.39, 0.29) is 0 Å². The van der Waals surface area contributed by atoms with Crippen molar-refractivity contribution in [3.05, 3.63) is 34.9 Å². The molecule has 1 saturated heterocycles. The lowest BCUT2D eigenvalue weighted by molar-refractivity contribution is 0.324. The van der Waals surface area contributed by atoms with E-state index in [1.54, 1.807) is 0 Å². The second-order valence-corrected chi connectivity index (χ2v) is 4.62. The van der Waals surface area contributed by atoms with Crippen LogP contribution in [0, 0.1) is 5.92 Å². The zero-order chi connectivity index (χ0) is 10.7. The van der Waals surface area contributed by atoms with Crippen molar-refractivity contribution in [3.63, 3.8) is 0 Å². The van der Waals surface area contributed by atoms with Gasteiger partial charge in [0.25, 0.3) is 0 Å². The van der Waals surface area contributed by atoms with Gasteiger partial charge in [-0.1, -0.05) is 29.8 Å². The zero-order valence-electron chi connectivity index (χ0n) is 8.75. The molecule has 2 nitrogen and oxygen atoms in total. The Bertz CT molecular complexity index is 327. The molecule has 2 unspecified atom stereocenters. The minimum absolute atomic E-state index is 0.308. The van der Waals surface area contributed by atoms with Crippen LogP contribution in [-0.2, 0) is 6.42 Å². The molecule has 0 amide bonds. The van der Waals surface area contributed by atoms with Crippen LogP contribution in [-0.4, -0.2) is 19.1 Å². The molecule has 0 saturated carbocycles. The van der Waals surface area contributed by atoms with Crippen LogP contribution in [0.5, 0.6) is 0 Å². The first-order chi connectivity index (χ1) is 7.27. The van der Waals surface area contributed by atoms with Gasteiger partial charge in [0.1, 0.15) is 0 Å². The summed E-state index contributed by atoms with van der Waals surface area (Å²) in [5.41, 5.74) is 7.31. The predicted octanol–water partition coefficient (Wildman–Crippen LogP) is 1.82. The van der Waals surface area contributed by atoms with Gasteiger partial charge in [0.2, 0.25) is 0 Å². The molecule has 0 aliphatic carbocycles. The summed E-state index contributed by atoms with van der Waals surface area (Å²) >= 11 is 6.13. The average molecular weight is 225 g/mol. The molecule has 15 heavy (non-hydrogen) atoms. The number of rotatable bonds is 2. The van der Waals surface area contributed by atoms with Crippen LogP contribution >= 0.6 is 11.6 Å². The first-order valence-corrected chi connectivity index (χ1v) is 5.85. The molecule has 1 aromatic rings. The van der Waals surface area contributed by atoms with Crippen molar-refractivity contribution in [2.75, 3.05) is 13.1 Å². The van der Waals surface area contributed by atoms with Crippen LogP contribution in [0.2, 0.25) is 5.02 Å². The quantitative estimate of drug-likeness (QED) is 0.805. The van der Waals surface area contributed by atoms with Crippen LogP contribution < -0.4 is 11.1 Å². The van der Waals surface area contributed by atoms with Crippen molar-refractivity contribution in [3.8, 4) is 0 Å². The Balaban J connectivity index is 2.04. The van der Waals surface area contributed by atoms with E-state index in [4.69, 9.17) is 17.3 Å². The molecule has 1 heterocycles. The van der Waals surface area contributed by atoms with Gasteiger partial charge < -0.3 is 11.1 Å². The Morgan fingerprint density at radius 2 is 2.20 bits per heavy atom. The topological polar surface area (TPSA) is 38.0 Å². The normalized spacial score (nSPS) is 26.5. The molecular weight excluding hydrogens is 208 g/mol. The van der Waals surface area contributed by atoms with Gasteiger partial charge in [-0.2, -0.15) is 0 Å². The third kappa shape index (κ3) is 2.71. The number of hydrogen-bond donors (Lipinski definition) is 2. The van der Waals surface area contributed by atoms with Gasteiger partial charge in [0.05, 0.1) is 0 Å². The molecule has 1 aliphatic rings. The minimum Gasteiger partial charge on any atom is -0.327 e. The van der Waals surface area contributed by atoms with Crippen LogP contribution in [0.25, 0.3) is 0 Å². The van der Waals surface area contributed by atoms with Crippen LogP contribution in [0.1, 0.15) is 12.0 Å². The summed E-state index contributed by atoms with van der Waals surface area (Å²) in [5.74, 6) is 0.513. The lowest BCUT2D eigenvalue weighted by Crippen LogP contribution is -2.45. The van der Waals surface area contributed by atoms with E-state index in [1.165, 1.54) is 5.56 Å². The van der Waals surface area contributed by atoms with Gasteiger partial charge in [0.15, 0.2) is 0 Å². The van der Waals surface area contributed by atoms with Crippen LogP contribution in [0.15, 0.2) is 24.3 Å². The maximum absolute atomic E-state index is 6.13. The third-order valence-corrected chi connectivity index (χ3v) is 3.48. The first-order valence-electron chi connectivity index (χ1n) is 5.47. The van der Waals surface area contributed by atoms with Gasteiger partial charge in [-0.25, -0.2) is 0 Å². The van der Waals surface area contributed by atoms with Crippen molar-refractivity contribution in [2.45, 2.75) is 18.9 Å². The Morgan fingerprint density at radius 3 is 2.93 bits per heavy atom. The Labute approximate surface area is 95.8 Å². The smallest absolute Gasteiger partial charge is 0.0438 e. The standard InChI is InChI=1S/C12H17ClN2/c13-11-4-2-1-3-9(11)7-10-8-15-6-5-12(10)14/h1-4,10,12,15H,5-8,14H2. The summed E-state index contributed by atoms with van der Waals surface area (Å²) in [4.78, 5) is 0. The van der Waals surface area contributed by atoms with E-state index in [9.17, 15) is 0 Å². The highest BCUT2D eigenvalue weighted by Gasteiger charge is 2.22. The second kappa shape index (κ2) is 4.97. The largest absolute Gasteiger partial charge is 0.327 e. The molecule has 1 aromatic carbocycles. The number of piperidine rings is 1. The summed E-state index contributed by atoms with van der Waals surface area (Å²) in [5, 5.41) is 4.24. The fourth-order valence-corrected chi connectivity index (χ4v) is 2.33. The highest BCUT2D eigenvalue weighted by Crippen LogP contribution is 2.21. The molecule has 1 aliphatic heterocycles. The molecule has 0 radical (unpaired) electrons. The highest BCUT2D eigenvalue weighted by molar-refractivity contribution is 6.31. The maximum Gasteiger partial charge on any atom is 0.0438 e. The third-order valence-electron chi connectivity index (χ3n) is 3.11. The van der Waals surface area contributed by atoms with E-state index in [1.807, 2.05) is 18.2 Å². The summed E-state index contributed by atoms with van der Waals surface area (Å²) in [6.07, 6.45) is 2.04. The number of nitrogens with two attached hydrogens (primary N) is 1. The van der Waals surface area contributed by atoms with E-state index >= 15 is 0 Å². The Kier molecular flexibility index (Phi) is 3.62. The monoisotopic (exact) mass is 224 g/mol. The molecule has 1 fully saturated rings. The molecule has 2 atom stereocenters. The zero-order valence-corrected chi connectivity index (χ0v) is 9.50. The van der Waals surface area contributed by atoms with Crippen LogP contribution in [0.4, 0.5) is 0 Å². The predicted molar refractivity (Wildman–Crippen MR) is 64.1 cm³/mol. The fourth-order valence-electron chi connectivity index (χ4n) is 2.11. The van der Waals surface area contributed by atoms with E-state index in [0.29, 0.717) is 12.0 Å². The van der Waals surface area contributed by atoms with E-state index < -0.39 is 0 Å². The number of halogens is 1. The SMILES string of the molecule is NC1CCNCC1Cc1ccccc1Cl. The summed E-state index contributed by atoms with van der Waals surface area (Å²) in [6.45, 7) is 2.05. The molecule has 0 aromatic heterocycles.